The van der Waals surface area contributed by atoms with E-state index in [4.69, 9.17) is 0 Å². The van der Waals surface area contributed by atoms with Gasteiger partial charge in [-0.25, -0.2) is 8.78 Å². The van der Waals surface area contributed by atoms with Crippen molar-refractivity contribution in [3.63, 3.8) is 0 Å². The molecular formula is C15H15F2N. The van der Waals surface area contributed by atoms with Crippen LogP contribution in [0.25, 0.3) is 0 Å². The molecule has 1 nitrogen and oxygen atoms in total. The summed E-state index contributed by atoms with van der Waals surface area (Å²) in [5, 5.41) is 3.16. The van der Waals surface area contributed by atoms with Crippen LogP contribution in [0.4, 0.5) is 8.78 Å². The van der Waals surface area contributed by atoms with E-state index in [2.05, 4.69) is 5.32 Å². The molecule has 0 amide bonds. The van der Waals surface area contributed by atoms with Crippen LogP contribution in [0, 0.1) is 11.6 Å². The Balaban J connectivity index is 2.17. The molecule has 2 aromatic rings. The van der Waals surface area contributed by atoms with Crippen molar-refractivity contribution in [2.45, 2.75) is 12.5 Å². The number of hydrogen-bond acceptors (Lipinski definition) is 1. The first-order valence-corrected chi connectivity index (χ1v) is 5.86. The lowest BCUT2D eigenvalue weighted by molar-refractivity contribution is 0.580. The fraction of sp³-hybridized carbons (Fsp3) is 0.200. The second-order valence-electron chi connectivity index (χ2n) is 4.23. The number of likely N-dealkylation sites (N-methyl/N-ethyl adjacent to an activating group) is 1. The summed E-state index contributed by atoms with van der Waals surface area (Å²) in [7, 11) is 1.84. The van der Waals surface area contributed by atoms with Crippen LogP contribution >= 0.6 is 0 Å². The molecule has 0 aliphatic rings. The Morgan fingerprint density at radius 1 is 1.00 bits per heavy atom. The average Bonchev–Trinajstić information content (AvgIpc) is 2.37. The van der Waals surface area contributed by atoms with Crippen molar-refractivity contribution >= 4 is 0 Å². The number of halogens is 2. The molecule has 0 bridgehead atoms. The van der Waals surface area contributed by atoms with Crippen molar-refractivity contribution in [3.8, 4) is 0 Å². The van der Waals surface area contributed by atoms with Crippen molar-refractivity contribution < 1.29 is 8.78 Å². The van der Waals surface area contributed by atoms with Gasteiger partial charge in [-0.1, -0.05) is 24.3 Å². The first kappa shape index (κ1) is 12.7. The van der Waals surface area contributed by atoms with Crippen LogP contribution in [-0.2, 0) is 6.42 Å². The molecule has 0 saturated heterocycles. The summed E-state index contributed by atoms with van der Waals surface area (Å²) in [6.45, 7) is 0. The van der Waals surface area contributed by atoms with Crippen molar-refractivity contribution in [2.75, 3.05) is 7.05 Å². The average molecular weight is 247 g/mol. The normalized spacial score (nSPS) is 12.4. The first-order valence-electron chi connectivity index (χ1n) is 5.86. The van der Waals surface area contributed by atoms with Gasteiger partial charge in [0.1, 0.15) is 11.6 Å². The molecule has 18 heavy (non-hydrogen) atoms. The zero-order valence-corrected chi connectivity index (χ0v) is 10.2. The molecule has 0 heterocycles. The van der Waals surface area contributed by atoms with E-state index < -0.39 is 0 Å². The molecule has 1 unspecified atom stereocenters. The van der Waals surface area contributed by atoms with E-state index in [1.54, 1.807) is 18.2 Å². The molecule has 0 aliphatic carbocycles. The third kappa shape index (κ3) is 3.14. The predicted octanol–water partition coefficient (Wildman–Crippen LogP) is 3.47. The standard InChI is InChI=1S/C15H15F2N/c1-18-15(12-5-7-13(16)8-6-12)10-11-3-2-4-14(17)9-11/h2-9,15,18H,10H2,1H3. The summed E-state index contributed by atoms with van der Waals surface area (Å²) in [4.78, 5) is 0. The lowest BCUT2D eigenvalue weighted by atomic mass is 9.99. The molecule has 0 saturated carbocycles. The molecule has 0 fully saturated rings. The van der Waals surface area contributed by atoms with Gasteiger partial charge in [-0.2, -0.15) is 0 Å². The van der Waals surface area contributed by atoms with E-state index in [-0.39, 0.29) is 17.7 Å². The van der Waals surface area contributed by atoms with E-state index in [0.29, 0.717) is 6.42 Å². The van der Waals surface area contributed by atoms with Gasteiger partial charge in [-0.15, -0.1) is 0 Å². The Bertz CT molecular complexity index is 508. The monoisotopic (exact) mass is 247 g/mol. The predicted molar refractivity (Wildman–Crippen MR) is 68.3 cm³/mol. The highest BCUT2D eigenvalue weighted by molar-refractivity contribution is 5.24. The van der Waals surface area contributed by atoms with Crippen molar-refractivity contribution in [2.24, 2.45) is 0 Å². The first-order chi connectivity index (χ1) is 8.69. The van der Waals surface area contributed by atoms with E-state index in [1.807, 2.05) is 13.1 Å². The van der Waals surface area contributed by atoms with Crippen molar-refractivity contribution in [3.05, 3.63) is 71.3 Å². The van der Waals surface area contributed by atoms with Crippen LogP contribution in [0.5, 0.6) is 0 Å². The highest BCUT2D eigenvalue weighted by atomic mass is 19.1. The Morgan fingerprint density at radius 3 is 2.33 bits per heavy atom. The van der Waals surface area contributed by atoms with Gasteiger partial charge in [0.15, 0.2) is 0 Å². The molecule has 2 rings (SSSR count). The van der Waals surface area contributed by atoms with Gasteiger partial charge in [0.05, 0.1) is 0 Å². The van der Waals surface area contributed by atoms with Gasteiger partial charge >= 0.3 is 0 Å². The van der Waals surface area contributed by atoms with Gasteiger partial charge in [0.25, 0.3) is 0 Å². The molecule has 2 aromatic carbocycles. The van der Waals surface area contributed by atoms with Crippen molar-refractivity contribution in [1.29, 1.82) is 0 Å². The van der Waals surface area contributed by atoms with Gasteiger partial charge in [-0.05, 0) is 48.9 Å². The zero-order chi connectivity index (χ0) is 13.0. The van der Waals surface area contributed by atoms with E-state index in [0.717, 1.165) is 11.1 Å². The maximum Gasteiger partial charge on any atom is 0.123 e. The number of hydrogen-bond donors (Lipinski definition) is 1. The Labute approximate surface area is 105 Å². The summed E-state index contributed by atoms with van der Waals surface area (Å²) >= 11 is 0. The van der Waals surface area contributed by atoms with E-state index in [1.165, 1.54) is 24.3 Å². The molecule has 1 N–H and O–H groups in total. The zero-order valence-electron chi connectivity index (χ0n) is 10.2. The summed E-state index contributed by atoms with van der Waals surface area (Å²) in [6.07, 6.45) is 0.667. The topological polar surface area (TPSA) is 12.0 Å². The molecular weight excluding hydrogens is 232 g/mol. The van der Waals surface area contributed by atoms with Gasteiger partial charge in [0, 0.05) is 6.04 Å². The van der Waals surface area contributed by atoms with Crippen LogP contribution in [0.2, 0.25) is 0 Å². The molecule has 3 heteroatoms. The number of rotatable bonds is 4. The number of nitrogens with one attached hydrogen (secondary N) is 1. The Kier molecular flexibility index (Phi) is 4.05. The maximum atomic E-state index is 13.1. The summed E-state index contributed by atoms with van der Waals surface area (Å²) in [5.41, 5.74) is 1.90. The summed E-state index contributed by atoms with van der Waals surface area (Å²) < 4.78 is 26.0. The van der Waals surface area contributed by atoms with Gasteiger partial charge < -0.3 is 5.32 Å². The highest BCUT2D eigenvalue weighted by Crippen LogP contribution is 2.19. The van der Waals surface area contributed by atoms with Gasteiger partial charge in [0.2, 0.25) is 0 Å². The largest absolute Gasteiger partial charge is 0.313 e. The molecule has 94 valence electrons. The van der Waals surface area contributed by atoms with E-state index in [9.17, 15) is 8.78 Å². The lowest BCUT2D eigenvalue weighted by Gasteiger charge is -2.16. The van der Waals surface area contributed by atoms with Crippen molar-refractivity contribution in [1.82, 2.24) is 5.32 Å². The summed E-state index contributed by atoms with van der Waals surface area (Å²) in [5.74, 6) is -0.485. The van der Waals surface area contributed by atoms with Crippen LogP contribution in [0.1, 0.15) is 17.2 Å². The SMILES string of the molecule is CNC(Cc1cccc(F)c1)c1ccc(F)cc1. The third-order valence-electron chi connectivity index (χ3n) is 2.95. The Hall–Kier alpha value is -1.74. The van der Waals surface area contributed by atoms with Crippen LogP contribution in [0.15, 0.2) is 48.5 Å². The van der Waals surface area contributed by atoms with Crippen LogP contribution in [0.3, 0.4) is 0 Å². The highest BCUT2D eigenvalue weighted by Gasteiger charge is 2.10. The minimum absolute atomic E-state index is 0.0485. The molecule has 0 radical (unpaired) electrons. The second-order valence-corrected chi connectivity index (χ2v) is 4.23. The minimum atomic E-state index is -0.251. The van der Waals surface area contributed by atoms with Crippen LogP contribution < -0.4 is 5.32 Å². The Morgan fingerprint density at radius 2 is 1.72 bits per heavy atom. The quantitative estimate of drug-likeness (QED) is 0.872. The molecule has 0 aromatic heterocycles. The second kappa shape index (κ2) is 5.74. The molecule has 0 spiro atoms. The lowest BCUT2D eigenvalue weighted by Crippen LogP contribution is -2.18. The third-order valence-corrected chi connectivity index (χ3v) is 2.95. The number of benzene rings is 2. The fourth-order valence-corrected chi connectivity index (χ4v) is 1.98. The molecule has 0 aliphatic heterocycles. The maximum absolute atomic E-state index is 13.1. The van der Waals surface area contributed by atoms with Gasteiger partial charge in [-0.3, -0.25) is 0 Å². The molecule has 1 atom stereocenters. The van der Waals surface area contributed by atoms with Crippen LogP contribution in [-0.4, -0.2) is 7.05 Å². The minimum Gasteiger partial charge on any atom is -0.313 e. The smallest absolute Gasteiger partial charge is 0.123 e. The fourth-order valence-electron chi connectivity index (χ4n) is 1.98. The van der Waals surface area contributed by atoms with E-state index >= 15 is 0 Å². The summed E-state index contributed by atoms with van der Waals surface area (Å²) in [6, 6.07) is 12.9.